The second kappa shape index (κ2) is 9.47. The fourth-order valence-corrected chi connectivity index (χ4v) is 4.55. The third-order valence-electron chi connectivity index (χ3n) is 6.17. The molecule has 0 unspecified atom stereocenters. The summed E-state index contributed by atoms with van der Waals surface area (Å²) in [5.74, 6) is 1.57. The molecule has 0 spiro atoms. The Morgan fingerprint density at radius 1 is 1.12 bits per heavy atom. The molecule has 3 heterocycles. The third kappa shape index (κ3) is 4.49. The minimum Gasteiger partial charge on any atom is -0.496 e. The highest BCUT2D eigenvalue weighted by Gasteiger charge is 2.31. The van der Waals surface area contributed by atoms with E-state index in [0.717, 1.165) is 65.1 Å². The summed E-state index contributed by atoms with van der Waals surface area (Å²) in [5.41, 5.74) is 6.08. The quantitative estimate of drug-likeness (QED) is 0.583. The highest BCUT2D eigenvalue weighted by molar-refractivity contribution is 5.81. The molecular formula is C26H30N4O2. The lowest BCUT2D eigenvalue weighted by Crippen LogP contribution is -2.40. The van der Waals surface area contributed by atoms with E-state index in [1.165, 1.54) is 0 Å². The maximum atomic E-state index is 13.5. The fourth-order valence-electron chi connectivity index (χ4n) is 4.55. The average molecular weight is 431 g/mol. The number of ether oxygens (including phenoxy) is 1. The van der Waals surface area contributed by atoms with Gasteiger partial charge < -0.3 is 9.64 Å². The number of rotatable bonds is 5. The Hall–Kier alpha value is -3.28. The molecule has 1 amide bonds. The monoisotopic (exact) mass is 430 g/mol. The Balaban J connectivity index is 1.71. The van der Waals surface area contributed by atoms with Crippen molar-refractivity contribution in [3.8, 4) is 16.9 Å². The van der Waals surface area contributed by atoms with Gasteiger partial charge >= 0.3 is 0 Å². The molecule has 1 atom stereocenters. The van der Waals surface area contributed by atoms with E-state index in [-0.39, 0.29) is 11.9 Å². The largest absolute Gasteiger partial charge is 0.496 e. The lowest BCUT2D eigenvalue weighted by Gasteiger charge is -2.36. The van der Waals surface area contributed by atoms with Crippen LogP contribution in [0.3, 0.4) is 0 Å². The molecule has 1 aliphatic rings. The van der Waals surface area contributed by atoms with E-state index < -0.39 is 0 Å². The Morgan fingerprint density at radius 2 is 1.97 bits per heavy atom. The van der Waals surface area contributed by atoms with Crippen LogP contribution < -0.4 is 4.74 Å². The number of carbonyl (C=O) groups is 1. The van der Waals surface area contributed by atoms with Gasteiger partial charge in [0.2, 0.25) is 5.91 Å². The number of methoxy groups -OCH3 is 1. The van der Waals surface area contributed by atoms with Crippen LogP contribution in [-0.2, 0) is 11.2 Å². The lowest BCUT2D eigenvalue weighted by molar-refractivity contribution is -0.134. The maximum absolute atomic E-state index is 13.5. The maximum Gasteiger partial charge on any atom is 0.227 e. The molecule has 3 aromatic rings. The summed E-state index contributed by atoms with van der Waals surface area (Å²) in [6.07, 6.45) is 8.81. The van der Waals surface area contributed by atoms with E-state index in [4.69, 9.17) is 9.72 Å². The van der Waals surface area contributed by atoms with Gasteiger partial charge in [0.15, 0.2) is 0 Å². The van der Waals surface area contributed by atoms with Gasteiger partial charge in [-0.25, -0.2) is 9.97 Å². The molecule has 0 radical (unpaired) electrons. The van der Waals surface area contributed by atoms with Crippen molar-refractivity contribution in [1.82, 2.24) is 19.9 Å². The summed E-state index contributed by atoms with van der Waals surface area (Å²) >= 11 is 0. The van der Waals surface area contributed by atoms with Gasteiger partial charge in [-0.05, 0) is 63.3 Å². The molecule has 6 heteroatoms. The van der Waals surface area contributed by atoms with Gasteiger partial charge in [0.1, 0.15) is 11.6 Å². The SMILES string of the molecule is COc1ccc(C)cc1CC(=O)N1CCCC[C@@H]1c1nc(C)ncc1-c1ccncc1C. The standard InChI is InChI=1S/C26H30N4O2/c1-17-8-9-24(32-4)20(13-17)14-25(31)30-12-6-5-7-23(30)26-22(16-28-19(3)29-26)21-10-11-27-15-18(21)2/h8-11,13,15-16,23H,5-7,12,14H2,1-4H3/t23-/m1/s1. The van der Waals surface area contributed by atoms with Crippen molar-refractivity contribution >= 4 is 5.91 Å². The zero-order chi connectivity index (χ0) is 22.7. The number of piperidine rings is 1. The average Bonchev–Trinajstić information content (AvgIpc) is 2.80. The van der Waals surface area contributed by atoms with Crippen LogP contribution in [0.1, 0.15) is 53.5 Å². The van der Waals surface area contributed by atoms with Crippen molar-refractivity contribution in [2.75, 3.05) is 13.7 Å². The molecule has 1 saturated heterocycles. The first kappa shape index (κ1) is 21.9. The first-order valence-corrected chi connectivity index (χ1v) is 11.2. The number of aromatic nitrogens is 3. The number of hydrogen-bond donors (Lipinski definition) is 0. The van der Waals surface area contributed by atoms with Crippen LogP contribution in [0.4, 0.5) is 0 Å². The summed E-state index contributed by atoms with van der Waals surface area (Å²) in [7, 11) is 1.65. The molecule has 6 nitrogen and oxygen atoms in total. The van der Waals surface area contributed by atoms with Crippen molar-refractivity contribution in [1.29, 1.82) is 0 Å². The minimum atomic E-state index is -0.0729. The zero-order valence-electron chi connectivity index (χ0n) is 19.3. The summed E-state index contributed by atoms with van der Waals surface area (Å²) in [5, 5.41) is 0. The van der Waals surface area contributed by atoms with E-state index in [0.29, 0.717) is 12.2 Å². The van der Waals surface area contributed by atoms with E-state index in [1.807, 2.05) is 62.3 Å². The number of carbonyl (C=O) groups excluding carboxylic acids is 1. The topological polar surface area (TPSA) is 68.2 Å². The first-order chi connectivity index (χ1) is 15.5. The predicted molar refractivity (Wildman–Crippen MR) is 124 cm³/mol. The smallest absolute Gasteiger partial charge is 0.227 e. The van der Waals surface area contributed by atoms with Gasteiger partial charge in [-0.2, -0.15) is 0 Å². The Kier molecular flexibility index (Phi) is 6.49. The second-order valence-electron chi connectivity index (χ2n) is 8.50. The van der Waals surface area contributed by atoms with E-state index >= 15 is 0 Å². The van der Waals surface area contributed by atoms with Crippen molar-refractivity contribution < 1.29 is 9.53 Å². The van der Waals surface area contributed by atoms with E-state index in [9.17, 15) is 4.79 Å². The number of benzene rings is 1. The molecule has 166 valence electrons. The van der Waals surface area contributed by atoms with Crippen LogP contribution in [0.5, 0.6) is 5.75 Å². The van der Waals surface area contributed by atoms with Crippen molar-refractivity contribution in [3.05, 3.63) is 71.1 Å². The molecule has 1 aliphatic heterocycles. The Labute approximate surface area is 189 Å². The number of amides is 1. The Bertz CT molecular complexity index is 1130. The number of nitrogens with zero attached hydrogens (tertiary/aromatic N) is 4. The number of aryl methyl sites for hydroxylation is 3. The molecule has 0 aliphatic carbocycles. The minimum absolute atomic E-state index is 0.0729. The number of pyridine rings is 1. The summed E-state index contributed by atoms with van der Waals surface area (Å²) in [4.78, 5) is 29.1. The van der Waals surface area contributed by atoms with Crippen LogP contribution in [0, 0.1) is 20.8 Å². The first-order valence-electron chi connectivity index (χ1n) is 11.2. The molecule has 1 fully saturated rings. The Morgan fingerprint density at radius 3 is 2.75 bits per heavy atom. The van der Waals surface area contributed by atoms with E-state index in [2.05, 4.69) is 9.97 Å². The summed E-state index contributed by atoms with van der Waals surface area (Å²) in [6, 6.07) is 7.90. The molecule has 0 saturated carbocycles. The van der Waals surface area contributed by atoms with Crippen LogP contribution in [0.2, 0.25) is 0 Å². The molecule has 0 bridgehead atoms. The van der Waals surface area contributed by atoms with Gasteiger partial charge in [0, 0.05) is 36.3 Å². The van der Waals surface area contributed by atoms with E-state index in [1.54, 1.807) is 13.3 Å². The molecule has 4 rings (SSSR count). The van der Waals surface area contributed by atoms with Crippen LogP contribution >= 0.6 is 0 Å². The number of hydrogen-bond acceptors (Lipinski definition) is 5. The lowest BCUT2D eigenvalue weighted by atomic mass is 9.92. The summed E-state index contributed by atoms with van der Waals surface area (Å²) < 4.78 is 5.51. The second-order valence-corrected chi connectivity index (χ2v) is 8.50. The zero-order valence-corrected chi connectivity index (χ0v) is 19.3. The van der Waals surface area contributed by atoms with Crippen LogP contribution in [-0.4, -0.2) is 39.4 Å². The van der Waals surface area contributed by atoms with Crippen molar-refractivity contribution in [3.63, 3.8) is 0 Å². The predicted octanol–water partition coefficient (Wildman–Crippen LogP) is 4.77. The molecule has 2 aromatic heterocycles. The molecule has 32 heavy (non-hydrogen) atoms. The normalized spacial score (nSPS) is 16.1. The van der Waals surface area contributed by atoms with Gasteiger partial charge in [-0.3, -0.25) is 9.78 Å². The number of likely N-dealkylation sites (tertiary alicyclic amines) is 1. The molecule has 0 N–H and O–H groups in total. The molecule has 1 aromatic carbocycles. The van der Waals surface area contributed by atoms with Crippen molar-refractivity contribution in [2.24, 2.45) is 0 Å². The highest BCUT2D eigenvalue weighted by atomic mass is 16.5. The van der Waals surface area contributed by atoms with Gasteiger partial charge in [0.05, 0.1) is 25.3 Å². The van der Waals surface area contributed by atoms with Crippen LogP contribution in [0.25, 0.3) is 11.1 Å². The third-order valence-corrected chi connectivity index (χ3v) is 6.17. The van der Waals surface area contributed by atoms with Gasteiger partial charge in [-0.15, -0.1) is 0 Å². The van der Waals surface area contributed by atoms with Gasteiger partial charge in [-0.1, -0.05) is 17.7 Å². The molecular weight excluding hydrogens is 400 g/mol. The fraction of sp³-hybridized carbons (Fsp3) is 0.385. The van der Waals surface area contributed by atoms with Crippen LogP contribution in [0.15, 0.2) is 42.9 Å². The van der Waals surface area contributed by atoms with Crippen molar-refractivity contribution in [2.45, 2.75) is 52.5 Å². The highest BCUT2D eigenvalue weighted by Crippen LogP contribution is 2.37. The van der Waals surface area contributed by atoms with Gasteiger partial charge in [0.25, 0.3) is 0 Å². The summed E-state index contributed by atoms with van der Waals surface area (Å²) in [6.45, 7) is 6.71.